The van der Waals surface area contributed by atoms with Gasteiger partial charge in [0.15, 0.2) is 5.60 Å². The molecule has 1 saturated heterocycles. The van der Waals surface area contributed by atoms with Crippen molar-refractivity contribution < 1.29 is 19.7 Å². The molecule has 0 bridgehead atoms. The average Bonchev–Trinajstić information content (AvgIpc) is 2.38. The maximum absolute atomic E-state index is 11.4. The fourth-order valence-electron chi connectivity index (χ4n) is 2.20. The predicted octanol–water partition coefficient (Wildman–Crippen LogP) is 0.147. The molecule has 1 heterocycles. The van der Waals surface area contributed by atoms with E-state index < -0.39 is 17.2 Å². The highest BCUT2D eigenvalue weighted by Gasteiger charge is 2.35. The summed E-state index contributed by atoms with van der Waals surface area (Å²) >= 11 is 0. The van der Waals surface area contributed by atoms with Crippen molar-refractivity contribution in [3.63, 3.8) is 0 Å². The molecule has 2 unspecified atom stereocenters. The van der Waals surface area contributed by atoms with E-state index in [2.05, 4.69) is 4.74 Å². The third kappa shape index (κ3) is 4.26. The van der Waals surface area contributed by atoms with Gasteiger partial charge in [0.2, 0.25) is 0 Å². The summed E-state index contributed by atoms with van der Waals surface area (Å²) in [4.78, 5) is 13.4. The predicted molar refractivity (Wildman–Crippen MR) is 63.6 cm³/mol. The maximum atomic E-state index is 11.4. The molecule has 1 aliphatic heterocycles. The van der Waals surface area contributed by atoms with Crippen molar-refractivity contribution in [2.45, 2.75) is 44.3 Å². The van der Waals surface area contributed by atoms with E-state index in [1.807, 2.05) is 11.8 Å². The number of nitrogens with zero attached hydrogens (tertiary/aromatic N) is 1. The van der Waals surface area contributed by atoms with Gasteiger partial charge in [0.25, 0.3) is 0 Å². The van der Waals surface area contributed by atoms with Crippen LogP contribution in [0.5, 0.6) is 0 Å². The molecule has 0 radical (unpaired) electrons. The molecule has 0 spiro atoms. The van der Waals surface area contributed by atoms with Crippen LogP contribution in [0.2, 0.25) is 0 Å². The minimum absolute atomic E-state index is 0.246. The smallest absolute Gasteiger partial charge is 0.338 e. The Kier molecular flexibility index (Phi) is 4.52. The number of carbonyl (C=O) groups excluding carboxylic acids is 1. The van der Waals surface area contributed by atoms with E-state index in [4.69, 9.17) is 0 Å². The first kappa shape index (κ1) is 14.4. The van der Waals surface area contributed by atoms with Gasteiger partial charge in [-0.1, -0.05) is 0 Å². The van der Waals surface area contributed by atoms with Gasteiger partial charge >= 0.3 is 5.97 Å². The number of aliphatic hydroxyl groups is 2. The molecule has 5 nitrogen and oxygen atoms in total. The van der Waals surface area contributed by atoms with Gasteiger partial charge in [-0.05, 0) is 39.7 Å². The second-order valence-electron chi connectivity index (χ2n) is 5.39. The van der Waals surface area contributed by atoms with Crippen LogP contribution in [0.4, 0.5) is 0 Å². The Hall–Kier alpha value is -0.650. The van der Waals surface area contributed by atoms with E-state index in [0.29, 0.717) is 13.0 Å². The van der Waals surface area contributed by atoms with Gasteiger partial charge < -0.3 is 14.9 Å². The number of rotatable bonds is 3. The summed E-state index contributed by atoms with van der Waals surface area (Å²) in [7, 11) is 1.27. The number of hydrogen-bond donors (Lipinski definition) is 2. The fraction of sp³-hybridized carbons (Fsp3) is 0.917. The largest absolute Gasteiger partial charge is 0.467 e. The molecular formula is C12H23NO4. The van der Waals surface area contributed by atoms with Crippen LogP contribution in [0.25, 0.3) is 0 Å². The van der Waals surface area contributed by atoms with Crippen LogP contribution < -0.4 is 0 Å². The summed E-state index contributed by atoms with van der Waals surface area (Å²) in [6.07, 6.45) is 2.28. The van der Waals surface area contributed by atoms with Gasteiger partial charge in [-0.2, -0.15) is 0 Å². The summed E-state index contributed by atoms with van der Waals surface area (Å²) in [5, 5.41) is 19.9. The van der Waals surface area contributed by atoms with Crippen molar-refractivity contribution in [2.24, 2.45) is 0 Å². The van der Waals surface area contributed by atoms with E-state index in [-0.39, 0.29) is 6.54 Å². The molecule has 5 heteroatoms. The van der Waals surface area contributed by atoms with Gasteiger partial charge in [-0.25, -0.2) is 4.79 Å². The van der Waals surface area contributed by atoms with Gasteiger partial charge in [0, 0.05) is 13.1 Å². The normalized spacial score (nSPS) is 30.4. The van der Waals surface area contributed by atoms with Gasteiger partial charge in [-0.15, -0.1) is 0 Å². The molecule has 0 aromatic heterocycles. The topological polar surface area (TPSA) is 70.0 Å². The SMILES string of the molecule is COC(=O)C(C)(O)CN1CCCC(C)(O)CC1. The number of methoxy groups -OCH3 is 1. The van der Waals surface area contributed by atoms with Crippen LogP contribution in [-0.2, 0) is 9.53 Å². The van der Waals surface area contributed by atoms with Gasteiger partial charge in [0.05, 0.1) is 12.7 Å². The van der Waals surface area contributed by atoms with Gasteiger partial charge in [-0.3, -0.25) is 4.90 Å². The third-order valence-electron chi connectivity index (χ3n) is 3.31. The lowest BCUT2D eigenvalue weighted by Gasteiger charge is -2.29. The third-order valence-corrected chi connectivity index (χ3v) is 3.31. The number of carbonyl (C=O) groups is 1. The average molecular weight is 245 g/mol. The fourth-order valence-corrected chi connectivity index (χ4v) is 2.20. The first-order valence-electron chi connectivity index (χ1n) is 6.02. The molecule has 0 aliphatic carbocycles. The van der Waals surface area contributed by atoms with E-state index in [9.17, 15) is 15.0 Å². The zero-order valence-electron chi connectivity index (χ0n) is 10.9. The quantitative estimate of drug-likeness (QED) is 0.693. The zero-order valence-corrected chi connectivity index (χ0v) is 10.9. The Bertz CT molecular complexity index is 276. The number of hydrogen-bond acceptors (Lipinski definition) is 5. The summed E-state index contributed by atoms with van der Waals surface area (Å²) in [6.45, 7) is 5.00. The lowest BCUT2D eigenvalue weighted by Crippen LogP contribution is -2.47. The molecule has 0 aromatic rings. The molecule has 0 amide bonds. The maximum Gasteiger partial charge on any atom is 0.338 e. The number of β-amino-alcohol motifs (C(OH)–C–C–N with tert-alkyl or cyclic N) is 1. The summed E-state index contributed by atoms with van der Waals surface area (Å²) < 4.78 is 4.56. The number of esters is 1. The molecule has 1 aliphatic rings. The molecule has 0 saturated carbocycles. The van der Waals surface area contributed by atoms with E-state index >= 15 is 0 Å². The Labute approximate surface area is 102 Å². The van der Waals surface area contributed by atoms with Crippen LogP contribution in [0.1, 0.15) is 33.1 Å². The first-order valence-corrected chi connectivity index (χ1v) is 6.02. The minimum atomic E-state index is -1.48. The lowest BCUT2D eigenvalue weighted by atomic mass is 9.98. The van der Waals surface area contributed by atoms with Crippen LogP contribution >= 0.6 is 0 Å². The Morgan fingerprint density at radius 1 is 1.47 bits per heavy atom. The highest BCUT2D eigenvalue weighted by Crippen LogP contribution is 2.22. The molecule has 2 N–H and O–H groups in total. The van der Waals surface area contributed by atoms with Crippen molar-refractivity contribution in [3.8, 4) is 0 Å². The monoisotopic (exact) mass is 245 g/mol. The first-order chi connectivity index (χ1) is 7.77. The van der Waals surface area contributed by atoms with E-state index in [0.717, 1.165) is 19.4 Å². The van der Waals surface area contributed by atoms with Gasteiger partial charge in [0.1, 0.15) is 0 Å². The molecule has 0 aromatic carbocycles. The minimum Gasteiger partial charge on any atom is -0.467 e. The van der Waals surface area contributed by atoms with Crippen molar-refractivity contribution in [1.82, 2.24) is 4.90 Å². The van der Waals surface area contributed by atoms with Crippen molar-refractivity contribution in [2.75, 3.05) is 26.7 Å². The van der Waals surface area contributed by atoms with Crippen molar-refractivity contribution in [3.05, 3.63) is 0 Å². The molecule has 1 fully saturated rings. The van der Waals surface area contributed by atoms with E-state index in [1.54, 1.807) is 0 Å². The summed E-state index contributed by atoms with van der Waals surface area (Å²) in [5.74, 6) is -0.617. The van der Waals surface area contributed by atoms with Crippen LogP contribution in [-0.4, -0.2) is 59.0 Å². The summed E-state index contributed by atoms with van der Waals surface area (Å²) in [6, 6.07) is 0. The van der Waals surface area contributed by atoms with Crippen LogP contribution in [0.3, 0.4) is 0 Å². The molecule has 100 valence electrons. The standard InChI is InChI=1S/C12H23NO4/c1-11(15)5-4-7-13(8-6-11)9-12(2,16)10(14)17-3/h15-16H,4-9H2,1-3H3. The molecule has 2 atom stereocenters. The van der Waals surface area contributed by atoms with E-state index in [1.165, 1.54) is 14.0 Å². The summed E-state index contributed by atoms with van der Waals surface area (Å²) in [5.41, 5.74) is -2.11. The second kappa shape index (κ2) is 5.33. The van der Waals surface area contributed by atoms with Crippen molar-refractivity contribution in [1.29, 1.82) is 0 Å². The highest BCUT2D eigenvalue weighted by atomic mass is 16.5. The Balaban J connectivity index is 2.55. The van der Waals surface area contributed by atoms with Crippen LogP contribution in [0, 0.1) is 0 Å². The second-order valence-corrected chi connectivity index (χ2v) is 5.39. The van der Waals surface area contributed by atoms with Crippen molar-refractivity contribution >= 4 is 5.97 Å². The Morgan fingerprint density at radius 2 is 2.12 bits per heavy atom. The Morgan fingerprint density at radius 3 is 2.71 bits per heavy atom. The molecule has 17 heavy (non-hydrogen) atoms. The number of ether oxygens (including phenoxy) is 1. The van der Waals surface area contributed by atoms with Crippen LogP contribution in [0.15, 0.2) is 0 Å². The highest BCUT2D eigenvalue weighted by molar-refractivity contribution is 5.78. The molecule has 1 rings (SSSR count). The number of likely N-dealkylation sites (tertiary alicyclic amines) is 1. The molecular weight excluding hydrogens is 222 g/mol. The zero-order chi connectivity index (χ0) is 13.1. The lowest BCUT2D eigenvalue weighted by molar-refractivity contribution is -0.162.